The van der Waals surface area contributed by atoms with E-state index in [0.29, 0.717) is 4.47 Å². The van der Waals surface area contributed by atoms with Crippen molar-refractivity contribution in [1.82, 2.24) is 4.98 Å². The molecule has 0 radical (unpaired) electrons. The van der Waals surface area contributed by atoms with Gasteiger partial charge >= 0.3 is 12.3 Å². The highest BCUT2D eigenvalue weighted by Crippen LogP contribution is 2.45. The monoisotopic (exact) mass is 497 g/mol. The Kier molecular flexibility index (Phi) is 6.50. The number of halogens is 4. The van der Waals surface area contributed by atoms with Crippen molar-refractivity contribution in [3.8, 4) is 5.75 Å². The molecule has 2 heterocycles. The van der Waals surface area contributed by atoms with E-state index in [1.54, 1.807) is 0 Å². The quantitative estimate of drug-likeness (QED) is 0.378. The molecule has 0 bridgehead atoms. The largest absolute Gasteiger partial charge is 0.573 e. The van der Waals surface area contributed by atoms with E-state index in [1.807, 2.05) is 0 Å². The van der Waals surface area contributed by atoms with Gasteiger partial charge in [0, 0.05) is 27.9 Å². The minimum Gasteiger partial charge on any atom is -0.457 e. The van der Waals surface area contributed by atoms with Crippen LogP contribution in [-0.4, -0.2) is 36.2 Å². The van der Waals surface area contributed by atoms with E-state index in [9.17, 15) is 22.8 Å². The first kappa shape index (κ1) is 22.6. The first-order chi connectivity index (χ1) is 14.6. The molecule has 1 aliphatic rings. The van der Waals surface area contributed by atoms with Crippen molar-refractivity contribution in [3.05, 3.63) is 67.8 Å². The molecular weight excluding hydrogens is 483 g/mol. The molecule has 31 heavy (non-hydrogen) atoms. The molecule has 1 aromatic heterocycles. The number of aromatic amines is 1. The van der Waals surface area contributed by atoms with Gasteiger partial charge < -0.3 is 19.3 Å². The maximum atomic E-state index is 13.1. The summed E-state index contributed by atoms with van der Waals surface area (Å²) in [4.78, 5) is 35.4. The van der Waals surface area contributed by atoms with Crippen molar-refractivity contribution < 1.29 is 27.4 Å². The molecule has 2 atom stereocenters. The zero-order valence-electron chi connectivity index (χ0n) is 16.0. The lowest BCUT2D eigenvalue weighted by Gasteiger charge is -2.31. The first-order valence-corrected chi connectivity index (χ1v) is 9.73. The highest BCUT2D eigenvalue weighted by molar-refractivity contribution is 9.10. The normalized spacial score (nSPS) is 17.9. The zero-order valence-corrected chi connectivity index (χ0v) is 17.6. The molecule has 162 valence electrons. The van der Waals surface area contributed by atoms with Gasteiger partial charge in [-0.25, -0.2) is 6.57 Å². The number of ether oxygens (including phenoxy) is 2. The SMILES string of the molecule is [C-]#[N+]CCOC(=O)C1C(C)=Nc2cc[nH]c(=O)c2C1c1ccc(Br)cc1OC(F)(F)F. The second-order valence-corrected chi connectivity index (χ2v) is 7.51. The Morgan fingerprint density at radius 3 is 2.77 bits per heavy atom. The lowest BCUT2D eigenvalue weighted by molar-refractivity contribution is -0.275. The molecule has 2 aromatic rings. The first-order valence-electron chi connectivity index (χ1n) is 8.94. The number of esters is 1. The number of aromatic nitrogens is 1. The van der Waals surface area contributed by atoms with Crippen LogP contribution in [-0.2, 0) is 9.53 Å². The number of hydrogen-bond acceptors (Lipinski definition) is 5. The second-order valence-electron chi connectivity index (χ2n) is 6.59. The highest BCUT2D eigenvalue weighted by atomic mass is 79.9. The van der Waals surface area contributed by atoms with Crippen molar-refractivity contribution in [2.45, 2.75) is 19.2 Å². The van der Waals surface area contributed by atoms with Gasteiger partial charge in [0.15, 0.2) is 6.61 Å². The summed E-state index contributed by atoms with van der Waals surface area (Å²) in [5.41, 5.74) is -0.109. The maximum absolute atomic E-state index is 13.1. The van der Waals surface area contributed by atoms with E-state index < -0.39 is 35.5 Å². The number of rotatable bonds is 5. The van der Waals surface area contributed by atoms with Gasteiger partial charge in [0.2, 0.25) is 6.54 Å². The van der Waals surface area contributed by atoms with Crippen LogP contribution in [0.2, 0.25) is 0 Å². The van der Waals surface area contributed by atoms with Crippen LogP contribution in [0.5, 0.6) is 5.75 Å². The molecule has 7 nitrogen and oxygen atoms in total. The molecule has 0 amide bonds. The van der Waals surface area contributed by atoms with Crippen LogP contribution in [0.15, 0.2) is 44.7 Å². The Labute approximate surface area is 182 Å². The summed E-state index contributed by atoms with van der Waals surface area (Å²) < 4.78 is 48.9. The van der Waals surface area contributed by atoms with Crippen LogP contribution in [0.25, 0.3) is 4.85 Å². The average Bonchev–Trinajstić information content (AvgIpc) is 2.66. The van der Waals surface area contributed by atoms with Gasteiger partial charge in [-0.1, -0.05) is 22.0 Å². The van der Waals surface area contributed by atoms with Gasteiger partial charge in [-0.3, -0.25) is 14.6 Å². The molecule has 2 unspecified atom stereocenters. The molecule has 0 saturated carbocycles. The van der Waals surface area contributed by atoms with Crippen LogP contribution < -0.4 is 10.3 Å². The summed E-state index contributed by atoms with van der Waals surface area (Å²) in [6.07, 6.45) is -3.64. The minimum absolute atomic E-state index is 0.0228. The van der Waals surface area contributed by atoms with Crippen LogP contribution in [0.4, 0.5) is 18.9 Å². The Bertz CT molecular complexity index is 1140. The van der Waals surface area contributed by atoms with E-state index >= 15 is 0 Å². The van der Waals surface area contributed by atoms with Crippen LogP contribution in [0.1, 0.15) is 24.0 Å². The van der Waals surface area contributed by atoms with Gasteiger partial charge in [-0.2, -0.15) is 0 Å². The highest BCUT2D eigenvalue weighted by Gasteiger charge is 2.43. The van der Waals surface area contributed by atoms with Gasteiger partial charge in [0.25, 0.3) is 5.56 Å². The average molecular weight is 498 g/mol. The topological polar surface area (TPSA) is 85.1 Å². The van der Waals surface area contributed by atoms with E-state index in [0.717, 1.165) is 6.07 Å². The third kappa shape index (κ3) is 4.96. The Balaban J connectivity index is 2.21. The Hall–Kier alpha value is -3.13. The lowest BCUT2D eigenvalue weighted by Crippen LogP contribution is -2.37. The van der Waals surface area contributed by atoms with Gasteiger partial charge in [-0.15, -0.1) is 13.2 Å². The number of H-pyrrole nitrogens is 1. The number of alkyl halides is 3. The third-order valence-electron chi connectivity index (χ3n) is 4.61. The van der Waals surface area contributed by atoms with Crippen LogP contribution in [0, 0.1) is 12.5 Å². The fraction of sp³-hybridized carbons (Fsp3) is 0.300. The van der Waals surface area contributed by atoms with E-state index in [4.69, 9.17) is 11.3 Å². The van der Waals surface area contributed by atoms with E-state index in [1.165, 1.54) is 31.3 Å². The number of carbonyl (C=O) groups is 1. The molecule has 11 heteroatoms. The molecule has 1 N–H and O–H groups in total. The number of nitrogens with one attached hydrogen (secondary N) is 1. The minimum atomic E-state index is -5.00. The fourth-order valence-electron chi connectivity index (χ4n) is 3.45. The maximum Gasteiger partial charge on any atom is 0.573 e. The standard InChI is InChI=1S/C20H15BrF3N3O4/c1-10-15(19(29)30-8-7-25-2)16(17-13(27-10)5-6-26-18(17)28)12-4-3-11(21)9-14(12)31-20(22,23)24/h3-6,9,15-16H,7-8H2,1H3,(H,26,28). The number of nitrogens with zero attached hydrogens (tertiary/aromatic N) is 2. The summed E-state index contributed by atoms with van der Waals surface area (Å²) in [5.74, 6) is -3.69. The number of aliphatic imine (C=N–C) groups is 1. The summed E-state index contributed by atoms with van der Waals surface area (Å²) in [5, 5.41) is 0. The van der Waals surface area contributed by atoms with Gasteiger partial charge in [-0.05, 0) is 25.1 Å². The molecule has 0 fully saturated rings. The van der Waals surface area contributed by atoms with Crippen LogP contribution >= 0.6 is 15.9 Å². The summed E-state index contributed by atoms with van der Waals surface area (Å²) >= 11 is 3.11. The Morgan fingerprint density at radius 2 is 2.10 bits per heavy atom. The number of carbonyl (C=O) groups excluding carboxylic acids is 1. The van der Waals surface area contributed by atoms with Crippen molar-refractivity contribution in [2.24, 2.45) is 10.9 Å². The van der Waals surface area contributed by atoms with Crippen molar-refractivity contribution in [3.63, 3.8) is 0 Å². The molecule has 0 saturated heterocycles. The van der Waals surface area contributed by atoms with E-state index in [-0.39, 0.29) is 35.7 Å². The summed E-state index contributed by atoms with van der Waals surface area (Å²) in [6, 6.07) is 5.45. The number of benzene rings is 1. The van der Waals surface area contributed by atoms with Crippen molar-refractivity contribution in [1.29, 1.82) is 0 Å². The van der Waals surface area contributed by atoms with E-state index in [2.05, 4.69) is 35.5 Å². The zero-order chi connectivity index (χ0) is 22.8. The third-order valence-corrected chi connectivity index (χ3v) is 5.10. The predicted molar refractivity (Wildman–Crippen MR) is 108 cm³/mol. The fourth-order valence-corrected chi connectivity index (χ4v) is 3.79. The molecular formula is C20H15BrF3N3O4. The molecule has 0 spiro atoms. The second kappa shape index (κ2) is 8.93. The van der Waals surface area contributed by atoms with Gasteiger partial charge in [0.05, 0.1) is 11.3 Å². The molecule has 3 rings (SSSR count). The molecule has 0 aliphatic carbocycles. The predicted octanol–water partition coefficient (Wildman–Crippen LogP) is 4.35. The number of pyridine rings is 1. The van der Waals surface area contributed by atoms with Gasteiger partial charge in [0.1, 0.15) is 11.7 Å². The van der Waals surface area contributed by atoms with Crippen molar-refractivity contribution >= 4 is 33.3 Å². The molecule has 1 aromatic carbocycles. The summed E-state index contributed by atoms with van der Waals surface area (Å²) in [6.45, 7) is 8.06. The molecule has 1 aliphatic heterocycles. The number of hydrogen-bond donors (Lipinski definition) is 1. The summed E-state index contributed by atoms with van der Waals surface area (Å²) in [7, 11) is 0. The Morgan fingerprint density at radius 1 is 1.35 bits per heavy atom. The van der Waals surface area contributed by atoms with Crippen LogP contribution in [0.3, 0.4) is 0 Å². The number of fused-ring (bicyclic) bond motifs is 1. The smallest absolute Gasteiger partial charge is 0.457 e. The lowest BCUT2D eigenvalue weighted by atomic mass is 9.76. The van der Waals surface area contributed by atoms with Crippen molar-refractivity contribution in [2.75, 3.05) is 13.2 Å².